The Balaban J connectivity index is 0.958. The van der Waals surface area contributed by atoms with Crippen LogP contribution in [0.15, 0.2) is 218 Å². The summed E-state index contributed by atoms with van der Waals surface area (Å²) < 4.78 is 2.53. The van der Waals surface area contributed by atoms with Crippen LogP contribution >= 0.6 is 0 Å². The number of anilines is 3. The molecule has 10 aromatic carbocycles. The summed E-state index contributed by atoms with van der Waals surface area (Å²) in [6.45, 7) is 9.53. The molecule has 1 aliphatic heterocycles. The molecule has 2 heterocycles. The number of rotatable bonds is 4. The minimum absolute atomic E-state index is 0.144. The quantitative estimate of drug-likeness (QED) is 0.171. The van der Waals surface area contributed by atoms with Crippen molar-refractivity contribution in [3.63, 3.8) is 0 Å². The van der Waals surface area contributed by atoms with Crippen molar-refractivity contribution in [3.05, 3.63) is 263 Å². The van der Waals surface area contributed by atoms with Gasteiger partial charge in [-0.2, -0.15) is 0 Å². The molecular formula is C67H48N2. The largest absolute Gasteiger partial charge is 0.310 e. The van der Waals surface area contributed by atoms with E-state index in [1.54, 1.807) is 0 Å². The maximum absolute atomic E-state index is 2.54. The van der Waals surface area contributed by atoms with Crippen molar-refractivity contribution in [1.82, 2.24) is 4.57 Å². The van der Waals surface area contributed by atoms with Gasteiger partial charge in [-0.05, 0) is 132 Å². The summed E-state index contributed by atoms with van der Waals surface area (Å²) in [6, 6.07) is 83.0. The third kappa shape index (κ3) is 4.86. The first-order valence-corrected chi connectivity index (χ1v) is 24.5. The summed E-state index contributed by atoms with van der Waals surface area (Å²) in [6.07, 6.45) is 0. The highest BCUT2D eigenvalue weighted by atomic mass is 15.1. The van der Waals surface area contributed by atoms with Gasteiger partial charge in [0.05, 0.1) is 27.8 Å². The van der Waals surface area contributed by atoms with Gasteiger partial charge in [0.15, 0.2) is 0 Å². The van der Waals surface area contributed by atoms with Crippen molar-refractivity contribution in [3.8, 4) is 50.2 Å². The van der Waals surface area contributed by atoms with Gasteiger partial charge in [0.25, 0.3) is 0 Å². The predicted molar refractivity (Wildman–Crippen MR) is 287 cm³/mol. The van der Waals surface area contributed by atoms with Crippen LogP contribution in [0.2, 0.25) is 0 Å². The van der Waals surface area contributed by atoms with E-state index in [9.17, 15) is 0 Å². The average molecular weight is 881 g/mol. The summed E-state index contributed by atoms with van der Waals surface area (Å²) in [7, 11) is 0. The molecule has 0 N–H and O–H groups in total. The molecule has 4 aliphatic rings. The van der Waals surface area contributed by atoms with E-state index < -0.39 is 5.41 Å². The first kappa shape index (κ1) is 38.9. The number of hydrogen-bond donors (Lipinski definition) is 0. The van der Waals surface area contributed by atoms with Crippen molar-refractivity contribution in [2.45, 2.75) is 43.9 Å². The van der Waals surface area contributed by atoms with Gasteiger partial charge in [-0.25, -0.2) is 0 Å². The molecule has 11 aromatic rings. The Morgan fingerprint density at radius 2 is 0.826 bits per heavy atom. The molecule has 0 amide bonds. The first-order valence-electron chi connectivity index (χ1n) is 24.5. The molecule has 1 spiro atoms. The molecule has 1 unspecified atom stereocenters. The van der Waals surface area contributed by atoms with Crippen molar-refractivity contribution in [2.24, 2.45) is 0 Å². The van der Waals surface area contributed by atoms with Crippen LogP contribution in [-0.2, 0) is 16.2 Å². The van der Waals surface area contributed by atoms with Crippen LogP contribution in [0, 0.1) is 0 Å². The van der Waals surface area contributed by atoms with Gasteiger partial charge in [0.1, 0.15) is 0 Å². The SMILES string of the molecule is CC1(C)c2ccccc2-c2ccc(N(c3ccc4c(c3)C(C)(C)c3ccccc3-4)c3ccccc3-c3ccc4c(c3)-c3ccccc3C43c4ccccc4-n4c5ccccc5c5cccc3c54)cc21. The summed E-state index contributed by atoms with van der Waals surface area (Å²) in [5.41, 5.74) is 27.6. The molecule has 326 valence electrons. The fourth-order valence-corrected chi connectivity index (χ4v) is 13.7. The van der Waals surface area contributed by atoms with E-state index in [0.29, 0.717) is 0 Å². The van der Waals surface area contributed by atoms with Crippen molar-refractivity contribution < 1.29 is 0 Å². The van der Waals surface area contributed by atoms with Crippen molar-refractivity contribution in [2.75, 3.05) is 4.90 Å². The Bertz CT molecular complexity index is 3940. The zero-order valence-corrected chi connectivity index (χ0v) is 39.2. The lowest BCUT2D eigenvalue weighted by Crippen LogP contribution is -2.33. The first-order chi connectivity index (χ1) is 33.8. The van der Waals surface area contributed by atoms with Crippen LogP contribution in [0.5, 0.6) is 0 Å². The van der Waals surface area contributed by atoms with E-state index in [1.807, 2.05) is 0 Å². The molecular weight excluding hydrogens is 833 g/mol. The van der Waals surface area contributed by atoms with Crippen LogP contribution in [0.4, 0.5) is 17.1 Å². The number of aromatic nitrogens is 1. The fraction of sp³-hybridized carbons (Fsp3) is 0.104. The smallest absolute Gasteiger partial charge is 0.0754 e. The summed E-state index contributed by atoms with van der Waals surface area (Å²) in [4.78, 5) is 2.54. The van der Waals surface area contributed by atoms with Crippen molar-refractivity contribution in [1.29, 1.82) is 0 Å². The zero-order chi connectivity index (χ0) is 46.0. The number of hydrogen-bond acceptors (Lipinski definition) is 1. The molecule has 3 aliphatic carbocycles. The van der Waals surface area contributed by atoms with E-state index in [1.165, 1.54) is 117 Å². The van der Waals surface area contributed by atoms with Crippen LogP contribution in [-0.4, -0.2) is 4.57 Å². The monoisotopic (exact) mass is 880 g/mol. The normalized spacial score (nSPS) is 16.7. The molecule has 0 bridgehead atoms. The van der Waals surface area contributed by atoms with E-state index in [4.69, 9.17) is 0 Å². The number of nitrogens with zero attached hydrogens (tertiary/aromatic N) is 2. The Kier molecular flexibility index (Phi) is 7.60. The van der Waals surface area contributed by atoms with Crippen LogP contribution in [0.1, 0.15) is 72.2 Å². The standard InChI is InChI=1S/C67H48N2/c1-65(2)53-24-10-5-19-45(53)48-35-33-42(39-59(48)65)68(43-34-36-49-46-20-6-11-25-54(46)66(3,4)60(49)40-43)61-29-14-8-18-44(61)41-32-37-56-52(38-41)47-21-7-12-26-55(47)67(56)57-27-13-16-31-63(57)69-62-30-15-9-22-50(62)51-23-17-28-58(67)64(51)69/h5-40H,1-4H3. The van der Waals surface area contributed by atoms with Gasteiger partial charge in [-0.3, -0.25) is 0 Å². The maximum atomic E-state index is 2.54. The molecule has 0 fully saturated rings. The molecule has 2 heteroatoms. The van der Waals surface area contributed by atoms with Crippen molar-refractivity contribution >= 4 is 38.9 Å². The second-order valence-corrected chi connectivity index (χ2v) is 20.8. The molecule has 15 rings (SSSR count). The maximum Gasteiger partial charge on any atom is 0.0754 e. The van der Waals surface area contributed by atoms with Gasteiger partial charge >= 0.3 is 0 Å². The van der Waals surface area contributed by atoms with Gasteiger partial charge in [-0.15, -0.1) is 0 Å². The molecule has 0 radical (unpaired) electrons. The number of para-hydroxylation sites is 4. The number of benzene rings is 10. The van der Waals surface area contributed by atoms with Crippen LogP contribution in [0.25, 0.3) is 72.0 Å². The highest BCUT2D eigenvalue weighted by molar-refractivity contribution is 6.13. The minimum Gasteiger partial charge on any atom is -0.310 e. The predicted octanol–water partition coefficient (Wildman–Crippen LogP) is 17.2. The number of fused-ring (bicyclic) bond motifs is 18. The zero-order valence-electron chi connectivity index (χ0n) is 39.2. The highest BCUT2D eigenvalue weighted by Crippen LogP contribution is 2.62. The third-order valence-electron chi connectivity index (χ3n) is 16.8. The van der Waals surface area contributed by atoms with Gasteiger partial charge < -0.3 is 9.47 Å². The van der Waals surface area contributed by atoms with E-state index in [2.05, 4.69) is 256 Å². The van der Waals surface area contributed by atoms with Gasteiger partial charge in [-0.1, -0.05) is 198 Å². The molecule has 69 heavy (non-hydrogen) atoms. The molecule has 0 saturated carbocycles. The Morgan fingerprint density at radius 1 is 0.333 bits per heavy atom. The van der Waals surface area contributed by atoms with Crippen LogP contribution in [0.3, 0.4) is 0 Å². The summed E-state index contributed by atoms with van der Waals surface area (Å²) in [5.74, 6) is 0. The van der Waals surface area contributed by atoms with Crippen LogP contribution < -0.4 is 4.90 Å². The Labute approximate surface area is 403 Å². The topological polar surface area (TPSA) is 8.17 Å². The van der Waals surface area contributed by atoms with Gasteiger partial charge in [0, 0.05) is 38.5 Å². The molecule has 1 aromatic heterocycles. The average Bonchev–Trinajstić information content (AvgIpc) is 4.04. The Hall–Kier alpha value is -8.20. The second kappa shape index (κ2) is 13.5. The minimum atomic E-state index is -0.500. The lowest BCUT2D eigenvalue weighted by atomic mass is 9.65. The lowest BCUT2D eigenvalue weighted by molar-refractivity contribution is 0.660. The molecule has 2 nitrogen and oxygen atoms in total. The lowest BCUT2D eigenvalue weighted by Gasteiger charge is -2.39. The molecule has 1 atom stereocenters. The Morgan fingerprint density at radius 3 is 1.51 bits per heavy atom. The van der Waals surface area contributed by atoms with E-state index >= 15 is 0 Å². The third-order valence-corrected chi connectivity index (χ3v) is 16.8. The summed E-state index contributed by atoms with van der Waals surface area (Å²) >= 11 is 0. The second-order valence-electron chi connectivity index (χ2n) is 20.8. The fourth-order valence-electron chi connectivity index (χ4n) is 13.7. The van der Waals surface area contributed by atoms with E-state index in [0.717, 1.165) is 17.1 Å². The van der Waals surface area contributed by atoms with E-state index in [-0.39, 0.29) is 10.8 Å². The summed E-state index contributed by atoms with van der Waals surface area (Å²) in [5, 5.41) is 2.59. The highest BCUT2D eigenvalue weighted by Gasteiger charge is 2.51. The van der Waals surface area contributed by atoms with Gasteiger partial charge in [0.2, 0.25) is 0 Å². The molecule has 0 saturated heterocycles.